The molecule has 0 spiro atoms. The minimum atomic E-state index is 0.747. The fraction of sp³-hybridized carbons (Fsp3) is 0. The van der Waals surface area contributed by atoms with Gasteiger partial charge in [-0.1, -0.05) is 0 Å². The zero-order valence-corrected chi connectivity index (χ0v) is 19.7. The van der Waals surface area contributed by atoms with Gasteiger partial charge in [0.15, 0.2) is 0 Å². The Morgan fingerprint density at radius 1 is 0.316 bits per heavy atom. The maximum Gasteiger partial charge on any atom is 0.0996 e. The minimum Gasteiger partial charge on any atom is -0.254 e. The smallest absolute Gasteiger partial charge is 0.0996 e. The van der Waals surface area contributed by atoms with Crippen LogP contribution in [0.4, 0.5) is 0 Å². The van der Waals surface area contributed by atoms with Crippen LogP contribution in [0.2, 0.25) is 0 Å². The third-order valence-corrected chi connectivity index (χ3v) is 7.15. The summed E-state index contributed by atoms with van der Waals surface area (Å²) in [4.78, 5) is 38.8. The second-order valence-corrected chi connectivity index (χ2v) is 9.27. The molecule has 174 valence electrons. The SMILES string of the molecule is c1cnc2c(c1)c1nc3cc4nc5c6cccnc6c6ncccc6c5nc4cc3nc1c1cccnc12. The van der Waals surface area contributed by atoms with Gasteiger partial charge in [-0.15, -0.1) is 0 Å². The van der Waals surface area contributed by atoms with Gasteiger partial charge < -0.3 is 0 Å². The van der Waals surface area contributed by atoms with Crippen molar-refractivity contribution < 1.29 is 0 Å². The van der Waals surface area contributed by atoms with Crippen molar-refractivity contribution in [2.75, 3.05) is 0 Å². The topological polar surface area (TPSA) is 103 Å². The van der Waals surface area contributed by atoms with E-state index in [2.05, 4.69) is 19.9 Å². The van der Waals surface area contributed by atoms with E-state index < -0.39 is 0 Å². The molecule has 0 unspecified atom stereocenters. The van der Waals surface area contributed by atoms with E-state index >= 15 is 0 Å². The number of pyridine rings is 4. The molecule has 0 amide bonds. The molecular formula is C30H14N8. The summed E-state index contributed by atoms with van der Waals surface area (Å²) in [7, 11) is 0. The van der Waals surface area contributed by atoms with E-state index in [1.807, 2.05) is 60.7 Å². The number of fused-ring (bicyclic) bond motifs is 14. The van der Waals surface area contributed by atoms with Crippen LogP contribution in [0, 0.1) is 0 Å². The average Bonchev–Trinajstić information content (AvgIpc) is 2.99. The Hall–Kier alpha value is -5.50. The molecule has 0 atom stereocenters. The van der Waals surface area contributed by atoms with Crippen LogP contribution < -0.4 is 0 Å². The van der Waals surface area contributed by atoms with Crippen LogP contribution in [0.3, 0.4) is 0 Å². The summed E-state index contributed by atoms with van der Waals surface area (Å²) in [6, 6.07) is 19.7. The lowest BCUT2D eigenvalue weighted by Crippen LogP contribution is -1.96. The summed E-state index contributed by atoms with van der Waals surface area (Å²) < 4.78 is 0. The molecular weight excluding hydrogens is 472 g/mol. The Morgan fingerprint density at radius 3 is 0.842 bits per heavy atom. The van der Waals surface area contributed by atoms with Crippen LogP contribution in [0.15, 0.2) is 85.5 Å². The first-order valence-electron chi connectivity index (χ1n) is 12.2. The van der Waals surface area contributed by atoms with E-state index in [1.54, 1.807) is 24.8 Å². The van der Waals surface area contributed by atoms with Crippen molar-refractivity contribution in [3.63, 3.8) is 0 Å². The molecule has 3 aromatic carbocycles. The van der Waals surface area contributed by atoms with Gasteiger partial charge in [-0.25, -0.2) is 19.9 Å². The summed E-state index contributed by atoms with van der Waals surface area (Å²) in [6.07, 6.45) is 7.12. The fourth-order valence-electron chi connectivity index (χ4n) is 5.50. The van der Waals surface area contributed by atoms with Gasteiger partial charge >= 0.3 is 0 Å². The third kappa shape index (κ3) is 2.53. The van der Waals surface area contributed by atoms with E-state index in [1.165, 1.54) is 0 Å². The van der Waals surface area contributed by atoms with E-state index in [9.17, 15) is 0 Å². The minimum absolute atomic E-state index is 0.747. The molecule has 0 saturated heterocycles. The molecule has 8 heteroatoms. The highest BCUT2D eigenvalue weighted by Crippen LogP contribution is 2.34. The molecule has 0 aliphatic heterocycles. The number of hydrogen-bond acceptors (Lipinski definition) is 8. The monoisotopic (exact) mass is 486 g/mol. The van der Waals surface area contributed by atoms with Gasteiger partial charge in [0, 0.05) is 46.3 Å². The number of benzene rings is 3. The predicted octanol–water partition coefficient (Wildman–Crippen LogP) is 6.07. The molecule has 0 saturated carbocycles. The van der Waals surface area contributed by atoms with Gasteiger partial charge in [0.05, 0.1) is 66.2 Å². The Balaban J connectivity index is 1.46. The first kappa shape index (κ1) is 19.7. The Morgan fingerprint density at radius 2 is 0.579 bits per heavy atom. The van der Waals surface area contributed by atoms with Gasteiger partial charge in [-0.3, -0.25) is 19.9 Å². The molecule has 0 aliphatic rings. The van der Waals surface area contributed by atoms with Crippen LogP contribution in [-0.2, 0) is 0 Å². The molecule has 9 aromatic rings. The predicted molar refractivity (Wildman–Crippen MR) is 149 cm³/mol. The quantitative estimate of drug-likeness (QED) is 0.188. The van der Waals surface area contributed by atoms with Gasteiger partial charge in [0.1, 0.15) is 0 Å². The highest BCUT2D eigenvalue weighted by atomic mass is 14.9. The molecule has 0 fully saturated rings. The van der Waals surface area contributed by atoms with Gasteiger partial charge in [0.2, 0.25) is 0 Å². The molecule has 0 N–H and O–H groups in total. The summed E-state index contributed by atoms with van der Waals surface area (Å²) in [5, 5.41) is 3.68. The summed E-state index contributed by atoms with van der Waals surface area (Å²) >= 11 is 0. The zero-order valence-electron chi connectivity index (χ0n) is 19.7. The maximum atomic E-state index is 5.08. The third-order valence-electron chi connectivity index (χ3n) is 7.15. The number of hydrogen-bond donors (Lipinski definition) is 0. The van der Waals surface area contributed by atoms with Crippen molar-refractivity contribution >= 4 is 87.7 Å². The number of rotatable bonds is 0. The van der Waals surface area contributed by atoms with Crippen molar-refractivity contribution in [2.24, 2.45) is 0 Å². The molecule has 0 radical (unpaired) electrons. The second-order valence-electron chi connectivity index (χ2n) is 9.27. The van der Waals surface area contributed by atoms with Crippen LogP contribution in [-0.4, -0.2) is 39.9 Å². The van der Waals surface area contributed by atoms with Crippen molar-refractivity contribution in [1.29, 1.82) is 0 Å². The highest BCUT2D eigenvalue weighted by Gasteiger charge is 2.17. The molecule has 6 heterocycles. The van der Waals surface area contributed by atoms with Gasteiger partial charge in [-0.05, 0) is 60.7 Å². The molecule has 0 bridgehead atoms. The number of nitrogens with zero attached hydrogens (tertiary/aromatic N) is 8. The first-order chi connectivity index (χ1) is 18.8. The summed E-state index contributed by atoms with van der Waals surface area (Å²) in [5.41, 5.74) is 9.42. The molecule has 6 aromatic heterocycles. The van der Waals surface area contributed by atoms with E-state index in [4.69, 9.17) is 19.9 Å². The van der Waals surface area contributed by atoms with Crippen LogP contribution in [0.5, 0.6) is 0 Å². The van der Waals surface area contributed by atoms with Gasteiger partial charge in [0.25, 0.3) is 0 Å². The zero-order chi connectivity index (χ0) is 24.8. The average molecular weight is 486 g/mol. The van der Waals surface area contributed by atoms with Crippen LogP contribution in [0.1, 0.15) is 0 Å². The van der Waals surface area contributed by atoms with Crippen LogP contribution in [0.25, 0.3) is 87.7 Å². The Kier molecular flexibility index (Phi) is 3.64. The standard InChI is InChI=1S/C30H14N8/c1-5-15-23(31-9-1)24-16(6-2-10-32-24)28-27(15)35-19-13-21-22(14-20(19)36-28)38-30-18-8-4-12-34-26(18)25-17(29(30)37-21)7-3-11-33-25/h1-14H. The Labute approximate surface area is 213 Å². The van der Waals surface area contributed by atoms with E-state index in [0.29, 0.717) is 0 Å². The van der Waals surface area contributed by atoms with E-state index in [-0.39, 0.29) is 0 Å². The first-order valence-corrected chi connectivity index (χ1v) is 12.2. The maximum absolute atomic E-state index is 5.08. The highest BCUT2D eigenvalue weighted by molar-refractivity contribution is 6.23. The number of aromatic nitrogens is 8. The largest absolute Gasteiger partial charge is 0.254 e. The lowest BCUT2D eigenvalue weighted by atomic mass is 10.1. The second kappa shape index (κ2) is 7.04. The summed E-state index contributed by atoms with van der Waals surface area (Å²) in [5.74, 6) is 0. The fourth-order valence-corrected chi connectivity index (χ4v) is 5.50. The molecule has 0 aliphatic carbocycles. The van der Waals surface area contributed by atoms with Crippen molar-refractivity contribution in [3.8, 4) is 0 Å². The van der Waals surface area contributed by atoms with E-state index in [0.717, 1.165) is 87.7 Å². The van der Waals surface area contributed by atoms with Crippen molar-refractivity contribution in [1.82, 2.24) is 39.9 Å². The lowest BCUT2D eigenvalue weighted by molar-refractivity contribution is 1.35. The molecule has 9 rings (SSSR count). The molecule has 38 heavy (non-hydrogen) atoms. The Bertz CT molecular complexity index is 2130. The van der Waals surface area contributed by atoms with Crippen LogP contribution >= 0.6 is 0 Å². The van der Waals surface area contributed by atoms with Crippen molar-refractivity contribution in [3.05, 3.63) is 85.5 Å². The molecule has 8 nitrogen and oxygen atoms in total. The van der Waals surface area contributed by atoms with Crippen molar-refractivity contribution in [2.45, 2.75) is 0 Å². The lowest BCUT2D eigenvalue weighted by Gasteiger charge is -2.10. The van der Waals surface area contributed by atoms with Gasteiger partial charge in [-0.2, -0.15) is 0 Å². The summed E-state index contributed by atoms with van der Waals surface area (Å²) in [6.45, 7) is 0. The normalized spacial score (nSPS) is 12.2.